The average Bonchev–Trinajstić information content (AvgIpc) is 2.95. The van der Waals surface area contributed by atoms with E-state index in [-0.39, 0.29) is 6.04 Å². The van der Waals surface area contributed by atoms with E-state index in [9.17, 15) is 0 Å². The number of hydrogen-bond donors (Lipinski definition) is 1. The maximum atomic E-state index is 5.80. The normalized spacial score (nSPS) is 12.4. The molecule has 1 N–H and O–H groups in total. The molecule has 3 nitrogen and oxygen atoms in total. The molecule has 0 aliphatic heterocycles. The van der Waals surface area contributed by atoms with Gasteiger partial charge in [-0.05, 0) is 37.7 Å². The van der Waals surface area contributed by atoms with Gasteiger partial charge in [-0.25, -0.2) is 0 Å². The number of rotatable bonds is 7. The minimum absolute atomic E-state index is 0.0720. The van der Waals surface area contributed by atoms with Crippen molar-refractivity contribution in [2.24, 2.45) is 0 Å². The van der Waals surface area contributed by atoms with Crippen molar-refractivity contribution >= 4 is 15.9 Å². The van der Waals surface area contributed by atoms with Gasteiger partial charge < -0.3 is 14.5 Å². The molecule has 4 heteroatoms. The minimum atomic E-state index is 0.0720. The lowest BCUT2D eigenvalue weighted by Crippen LogP contribution is -2.23. The fourth-order valence-corrected chi connectivity index (χ4v) is 2.90. The van der Waals surface area contributed by atoms with Crippen molar-refractivity contribution in [1.29, 1.82) is 0 Å². The van der Waals surface area contributed by atoms with Crippen LogP contribution in [-0.4, -0.2) is 13.2 Å². The summed E-state index contributed by atoms with van der Waals surface area (Å²) in [5, 5.41) is 3.54. The zero-order chi connectivity index (χ0) is 15.2. The van der Waals surface area contributed by atoms with E-state index in [0.717, 1.165) is 34.5 Å². The zero-order valence-electron chi connectivity index (χ0n) is 12.8. The summed E-state index contributed by atoms with van der Waals surface area (Å²) in [5.41, 5.74) is 2.31. The van der Waals surface area contributed by atoms with Gasteiger partial charge in [0, 0.05) is 22.0 Å². The molecule has 1 aromatic carbocycles. The fraction of sp³-hybridized carbons (Fsp3) is 0.412. The Hall–Kier alpha value is -1.26. The molecule has 1 aromatic heterocycles. The highest BCUT2D eigenvalue weighted by Gasteiger charge is 2.22. The number of halogens is 1. The van der Waals surface area contributed by atoms with Crippen molar-refractivity contribution in [3.8, 4) is 5.75 Å². The Bertz CT molecular complexity index is 580. The zero-order valence-corrected chi connectivity index (χ0v) is 14.4. The van der Waals surface area contributed by atoms with Crippen LogP contribution < -0.4 is 10.1 Å². The summed E-state index contributed by atoms with van der Waals surface area (Å²) in [6.07, 6.45) is 2.64. The van der Waals surface area contributed by atoms with Crippen LogP contribution in [0.5, 0.6) is 5.75 Å². The molecule has 0 saturated heterocycles. The lowest BCUT2D eigenvalue weighted by atomic mass is 9.97. The van der Waals surface area contributed by atoms with Gasteiger partial charge in [-0.2, -0.15) is 0 Å². The molecule has 0 spiro atoms. The second-order valence-corrected chi connectivity index (χ2v) is 5.67. The Morgan fingerprint density at radius 2 is 2.00 bits per heavy atom. The summed E-state index contributed by atoms with van der Waals surface area (Å²) in [7, 11) is 0. The predicted molar refractivity (Wildman–Crippen MR) is 88.9 cm³/mol. The second kappa shape index (κ2) is 7.66. The minimum Gasteiger partial charge on any atom is -0.494 e. The first kappa shape index (κ1) is 16.1. The summed E-state index contributed by atoms with van der Waals surface area (Å²) in [5.74, 6) is 1.93. The first-order valence-corrected chi connectivity index (χ1v) is 8.22. The van der Waals surface area contributed by atoms with Gasteiger partial charge in [0.05, 0.1) is 18.9 Å². The standard InChI is InChI=1S/C17H22BrNO2/c1-4-15-13(9-10-21-15)17(19-5-2)14-11-12(18)7-8-16(14)20-6-3/h7-11,17,19H,4-6H2,1-3H3. The van der Waals surface area contributed by atoms with Crippen LogP contribution in [0.25, 0.3) is 0 Å². The van der Waals surface area contributed by atoms with Crippen molar-refractivity contribution in [1.82, 2.24) is 5.32 Å². The molecule has 1 atom stereocenters. The molecular formula is C17H22BrNO2. The molecule has 2 rings (SSSR count). The van der Waals surface area contributed by atoms with E-state index in [1.165, 1.54) is 5.56 Å². The van der Waals surface area contributed by atoms with Crippen LogP contribution in [0.3, 0.4) is 0 Å². The lowest BCUT2D eigenvalue weighted by Gasteiger charge is -2.21. The van der Waals surface area contributed by atoms with Crippen LogP contribution in [0.1, 0.15) is 43.7 Å². The third-order valence-corrected chi connectivity index (χ3v) is 3.90. The molecule has 21 heavy (non-hydrogen) atoms. The summed E-state index contributed by atoms with van der Waals surface area (Å²) < 4.78 is 12.4. The first-order valence-electron chi connectivity index (χ1n) is 7.43. The van der Waals surface area contributed by atoms with Gasteiger partial charge in [0.1, 0.15) is 11.5 Å². The fourth-order valence-electron chi connectivity index (χ4n) is 2.52. The summed E-state index contributed by atoms with van der Waals surface area (Å²) in [6, 6.07) is 8.25. The smallest absolute Gasteiger partial charge is 0.124 e. The maximum Gasteiger partial charge on any atom is 0.124 e. The second-order valence-electron chi connectivity index (χ2n) is 4.76. The molecule has 1 unspecified atom stereocenters. The molecule has 0 bridgehead atoms. The number of nitrogens with one attached hydrogen (secondary N) is 1. The largest absolute Gasteiger partial charge is 0.494 e. The number of hydrogen-bond acceptors (Lipinski definition) is 3. The van der Waals surface area contributed by atoms with Crippen molar-refractivity contribution < 1.29 is 9.15 Å². The molecule has 0 saturated carbocycles. The van der Waals surface area contributed by atoms with E-state index >= 15 is 0 Å². The SMILES string of the molecule is CCNC(c1cc(Br)ccc1OCC)c1ccoc1CC. The Balaban J connectivity index is 2.49. The van der Waals surface area contributed by atoms with E-state index < -0.39 is 0 Å². The molecule has 1 heterocycles. The molecular weight excluding hydrogens is 330 g/mol. The summed E-state index contributed by atoms with van der Waals surface area (Å²) in [6.45, 7) is 7.74. The Morgan fingerprint density at radius 1 is 1.19 bits per heavy atom. The van der Waals surface area contributed by atoms with Crippen LogP contribution in [0.4, 0.5) is 0 Å². The molecule has 0 radical (unpaired) electrons. The number of aryl methyl sites for hydroxylation is 1. The summed E-state index contributed by atoms with van der Waals surface area (Å²) >= 11 is 3.56. The molecule has 114 valence electrons. The van der Waals surface area contributed by atoms with E-state index in [4.69, 9.17) is 9.15 Å². The van der Waals surface area contributed by atoms with Crippen molar-refractivity contribution in [2.75, 3.05) is 13.2 Å². The highest BCUT2D eigenvalue weighted by Crippen LogP contribution is 2.34. The lowest BCUT2D eigenvalue weighted by molar-refractivity contribution is 0.333. The molecule has 0 aliphatic carbocycles. The maximum absolute atomic E-state index is 5.80. The number of ether oxygens (including phenoxy) is 1. The van der Waals surface area contributed by atoms with Gasteiger partial charge in [-0.3, -0.25) is 0 Å². The quantitative estimate of drug-likeness (QED) is 0.784. The van der Waals surface area contributed by atoms with Gasteiger partial charge in [0.2, 0.25) is 0 Å². The van der Waals surface area contributed by atoms with Crippen LogP contribution in [-0.2, 0) is 6.42 Å². The van der Waals surface area contributed by atoms with Crippen LogP contribution in [0.2, 0.25) is 0 Å². The van der Waals surface area contributed by atoms with Crippen molar-refractivity contribution in [3.05, 3.63) is 51.9 Å². The van der Waals surface area contributed by atoms with E-state index in [2.05, 4.69) is 41.2 Å². The summed E-state index contributed by atoms with van der Waals surface area (Å²) in [4.78, 5) is 0. The van der Waals surface area contributed by atoms with Crippen molar-refractivity contribution in [2.45, 2.75) is 33.2 Å². The van der Waals surface area contributed by atoms with Crippen LogP contribution in [0.15, 0.2) is 39.4 Å². The van der Waals surface area contributed by atoms with Gasteiger partial charge in [0.15, 0.2) is 0 Å². The van der Waals surface area contributed by atoms with Crippen molar-refractivity contribution in [3.63, 3.8) is 0 Å². The molecule has 0 amide bonds. The highest BCUT2D eigenvalue weighted by molar-refractivity contribution is 9.10. The average molecular weight is 352 g/mol. The van der Waals surface area contributed by atoms with E-state index in [1.54, 1.807) is 6.26 Å². The van der Waals surface area contributed by atoms with E-state index in [0.29, 0.717) is 6.61 Å². The van der Waals surface area contributed by atoms with Crippen LogP contribution in [0, 0.1) is 0 Å². The van der Waals surface area contributed by atoms with Gasteiger partial charge in [-0.15, -0.1) is 0 Å². The number of furan rings is 1. The predicted octanol–water partition coefficient (Wildman–Crippen LogP) is 4.70. The van der Waals surface area contributed by atoms with Gasteiger partial charge in [0.25, 0.3) is 0 Å². The van der Waals surface area contributed by atoms with E-state index in [1.807, 2.05) is 25.1 Å². The Labute approximate surface area is 134 Å². The monoisotopic (exact) mass is 351 g/mol. The third kappa shape index (κ3) is 3.69. The third-order valence-electron chi connectivity index (χ3n) is 3.40. The number of benzene rings is 1. The Kier molecular flexibility index (Phi) is 5.88. The molecule has 0 fully saturated rings. The first-order chi connectivity index (χ1) is 10.2. The Morgan fingerprint density at radius 3 is 2.67 bits per heavy atom. The van der Waals surface area contributed by atoms with Gasteiger partial charge >= 0.3 is 0 Å². The molecule has 0 aliphatic rings. The topological polar surface area (TPSA) is 34.4 Å². The van der Waals surface area contributed by atoms with Crippen LogP contribution >= 0.6 is 15.9 Å². The van der Waals surface area contributed by atoms with Gasteiger partial charge in [-0.1, -0.05) is 29.8 Å². The molecule has 2 aromatic rings. The highest BCUT2D eigenvalue weighted by atomic mass is 79.9.